The van der Waals surface area contributed by atoms with Gasteiger partial charge in [-0.1, -0.05) is 81.4 Å². The van der Waals surface area contributed by atoms with Crippen LogP contribution in [-0.4, -0.2) is 38.8 Å². The molecule has 3 nitrogen and oxygen atoms in total. The lowest BCUT2D eigenvalue weighted by Gasteiger charge is -2.43. The van der Waals surface area contributed by atoms with Crippen LogP contribution in [0.1, 0.15) is 46.5 Å². The highest BCUT2D eigenvalue weighted by molar-refractivity contribution is 6.99. The molecule has 152 valence electrons. The van der Waals surface area contributed by atoms with Crippen molar-refractivity contribution in [2.45, 2.75) is 63.7 Å². The number of ether oxygens (including phenoxy) is 1. The minimum atomic E-state index is -2.47. The van der Waals surface area contributed by atoms with Gasteiger partial charge >= 0.3 is 0 Å². The molecule has 1 heterocycles. The number of benzene rings is 2. The van der Waals surface area contributed by atoms with Gasteiger partial charge in [-0.2, -0.15) is 0 Å². The van der Waals surface area contributed by atoms with E-state index in [9.17, 15) is 5.11 Å². The Morgan fingerprint density at radius 2 is 1.61 bits per heavy atom. The van der Waals surface area contributed by atoms with Gasteiger partial charge in [-0.3, -0.25) is 0 Å². The second kappa shape index (κ2) is 9.36. The van der Waals surface area contributed by atoms with Crippen LogP contribution in [0.4, 0.5) is 0 Å². The van der Waals surface area contributed by atoms with Crippen LogP contribution in [0.3, 0.4) is 0 Å². The maximum atomic E-state index is 10.4. The molecule has 0 bridgehead atoms. The molecule has 1 saturated heterocycles. The molecule has 3 rings (SSSR count). The molecule has 2 aromatic carbocycles. The zero-order chi connectivity index (χ0) is 20.0. The van der Waals surface area contributed by atoms with Crippen LogP contribution < -0.4 is 10.4 Å². The summed E-state index contributed by atoms with van der Waals surface area (Å²) < 4.78 is 12.5. The molecule has 2 aromatic rings. The zero-order valence-electron chi connectivity index (χ0n) is 17.4. The Hall–Kier alpha value is -1.46. The van der Waals surface area contributed by atoms with Crippen LogP contribution in [0.25, 0.3) is 0 Å². The van der Waals surface area contributed by atoms with Crippen molar-refractivity contribution in [3.8, 4) is 0 Å². The Morgan fingerprint density at radius 1 is 1.04 bits per heavy atom. The van der Waals surface area contributed by atoms with Crippen molar-refractivity contribution >= 4 is 18.7 Å². The molecule has 0 spiro atoms. The number of rotatable bonds is 8. The van der Waals surface area contributed by atoms with Crippen molar-refractivity contribution in [2.24, 2.45) is 0 Å². The minimum Gasteiger partial charge on any atom is -0.407 e. The van der Waals surface area contributed by atoms with Crippen LogP contribution in [-0.2, 0) is 9.16 Å². The quantitative estimate of drug-likeness (QED) is 0.542. The van der Waals surface area contributed by atoms with E-state index in [0.29, 0.717) is 6.61 Å². The summed E-state index contributed by atoms with van der Waals surface area (Å²) in [6.45, 7) is 8.30. The van der Waals surface area contributed by atoms with Gasteiger partial charge in [-0.25, -0.2) is 0 Å². The molecule has 0 aromatic heterocycles. The highest BCUT2D eigenvalue weighted by Crippen LogP contribution is 2.36. The first-order valence-electron chi connectivity index (χ1n) is 10.5. The van der Waals surface area contributed by atoms with Gasteiger partial charge in [-0.05, 0) is 41.1 Å². The van der Waals surface area contributed by atoms with Crippen molar-refractivity contribution in [3.63, 3.8) is 0 Å². The fraction of sp³-hybridized carbons (Fsp3) is 0.500. The lowest BCUT2D eigenvalue weighted by molar-refractivity contribution is -0.00762. The van der Waals surface area contributed by atoms with E-state index >= 15 is 0 Å². The summed E-state index contributed by atoms with van der Waals surface area (Å²) in [5.74, 6) is 0. The fourth-order valence-electron chi connectivity index (χ4n) is 4.37. The summed E-state index contributed by atoms with van der Waals surface area (Å²) in [5.41, 5.74) is 0. The zero-order valence-corrected chi connectivity index (χ0v) is 18.4. The first kappa shape index (κ1) is 21.3. The molecule has 28 heavy (non-hydrogen) atoms. The Morgan fingerprint density at radius 3 is 2.07 bits per heavy atom. The largest absolute Gasteiger partial charge is 0.407 e. The predicted molar refractivity (Wildman–Crippen MR) is 118 cm³/mol. The average molecular weight is 399 g/mol. The van der Waals surface area contributed by atoms with Crippen LogP contribution >= 0.6 is 0 Å². The summed E-state index contributed by atoms with van der Waals surface area (Å²) in [7, 11) is -2.47. The second-order valence-electron chi connectivity index (χ2n) is 8.77. The molecular formula is C24H34O3Si. The molecule has 2 atom stereocenters. The van der Waals surface area contributed by atoms with Crippen molar-refractivity contribution in [1.82, 2.24) is 0 Å². The molecule has 1 N–H and O–H groups in total. The topological polar surface area (TPSA) is 38.7 Å². The monoisotopic (exact) mass is 398 g/mol. The van der Waals surface area contributed by atoms with Crippen molar-refractivity contribution < 1.29 is 14.3 Å². The highest BCUT2D eigenvalue weighted by atomic mass is 28.4. The summed E-state index contributed by atoms with van der Waals surface area (Å²) in [6, 6.07) is 21.4. The van der Waals surface area contributed by atoms with Gasteiger partial charge in [0.25, 0.3) is 8.32 Å². The van der Waals surface area contributed by atoms with Gasteiger partial charge in [0, 0.05) is 13.2 Å². The Balaban J connectivity index is 1.80. The van der Waals surface area contributed by atoms with E-state index in [1.54, 1.807) is 0 Å². The van der Waals surface area contributed by atoms with Crippen molar-refractivity contribution in [1.29, 1.82) is 0 Å². The molecule has 0 radical (unpaired) electrons. The minimum absolute atomic E-state index is 0.00728. The molecule has 1 fully saturated rings. The Bertz CT molecular complexity index is 666. The molecule has 0 saturated carbocycles. The van der Waals surface area contributed by atoms with E-state index in [1.807, 2.05) is 0 Å². The molecule has 4 heteroatoms. The van der Waals surface area contributed by atoms with Crippen molar-refractivity contribution in [3.05, 3.63) is 60.7 Å². The predicted octanol–water partition coefficient (Wildman–Crippen LogP) is 3.88. The molecule has 0 aliphatic carbocycles. The van der Waals surface area contributed by atoms with E-state index in [2.05, 4.69) is 81.4 Å². The van der Waals surface area contributed by atoms with Gasteiger partial charge in [0.15, 0.2) is 0 Å². The molecule has 1 aliphatic heterocycles. The van der Waals surface area contributed by atoms with Gasteiger partial charge in [0.1, 0.15) is 0 Å². The smallest absolute Gasteiger partial charge is 0.261 e. The average Bonchev–Trinajstić information content (AvgIpc) is 3.23. The van der Waals surface area contributed by atoms with E-state index in [1.165, 1.54) is 10.4 Å². The van der Waals surface area contributed by atoms with E-state index in [0.717, 1.165) is 32.3 Å². The Kier molecular flexibility index (Phi) is 7.10. The van der Waals surface area contributed by atoms with Crippen LogP contribution in [0.15, 0.2) is 60.7 Å². The molecule has 1 aliphatic rings. The molecular weight excluding hydrogens is 364 g/mol. The summed E-state index contributed by atoms with van der Waals surface area (Å²) in [6.07, 6.45) is 3.21. The second-order valence-corrected chi connectivity index (χ2v) is 13.1. The molecule has 0 unspecified atom stereocenters. The highest BCUT2D eigenvalue weighted by Gasteiger charge is 2.49. The first-order chi connectivity index (χ1) is 13.4. The van der Waals surface area contributed by atoms with E-state index in [-0.39, 0.29) is 17.2 Å². The maximum Gasteiger partial charge on any atom is 0.261 e. The van der Waals surface area contributed by atoms with Crippen molar-refractivity contribution in [2.75, 3.05) is 13.2 Å². The molecule has 0 amide bonds. The summed E-state index contributed by atoms with van der Waals surface area (Å²) >= 11 is 0. The normalized spacial score (nSPS) is 18.9. The fourth-order valence-corrected chi connectivity index (χ4v) is 8.98. The van der Waals surface area contributed by atoms with E-state index in [4.69, 9.17) is 9.16 Å². The first-order valence-corrected chi connectivity index (χ1v) is 12.4. The lowest BCUT2D eigenvalue weighted by atomic mass is 10.1. The van der Waals surface area contributed by atoms with Gasteiger partial charge in [0.2, 0.25) is 0 Å². The number of aliphatic hydroxyl groups excluding tert-OH is 1. The van der Waals surface area contributed by atoms with Crippen LogP contribution in [0.2, 0.25) is 5.04 Å². The summed E-state index contributed by atoms with van der Waals surface area (Å²) in [5, 5.41) is 13.0. The SMILES string of the molecule is CC(C)(C)[Si](OCCC[C@@H](O)[C@H]1CCCO1)(c1ccccc1)c1ccccc1. The Labute approximate surface area is 170 Å². The number of aliphatic hydroxyl groups is 1. The van der Waals surface area contributed by atoms with Gasteiger partial charge in [-0.15, -0.1) is 0 Å². The summed E-state index contributed by atoms with van der Waals surface area (Å²) in [4.78, 5) is 0. The van der Waals surface area contributed by atoms with Gasteiger partial charge in [0.05, 0.1) is 12.2 Å². The number of hydrogen-bond donors (Lipinski definition) is 1. The van der Waals surface area contributed by atoms with Gasteiger partial charge < -0.3 is 14.3 Å². The number of hydrogen-bond acceptors (Lipinski definition) is 3. The lowest BCUT2D eigenvalue weighted by Crippen LogP contribution is -2.66. The third-order valence-corrected chi connectivity index (χ3v) is 10.8. The van der Waals surface area contributed by atoms with Crippen LogP contribution in [0, 0.1) is 0 Å². The third kappa shape index (κ3) is 4.57. The standard InChI is InChI=1S/C24H34O3Si/c1-24(2,3)28(20-12-6-4-7-13-20,21-14-8-5-9-15-21)27-19-10-16-22(25)23-17-11-18-26-23/h4-9,12-15,22-23,25H,10-11,16-19H2,1-3H3/t22-,23-/m1/s1. The van der Waals surface area contributed by atoms with E-state index < -0.39 is 8.32 Å². The maximum absolute atomic E-state index is 10.4. The third-order valence-electron chi connectivity index (χ3n) is 5.77. The van der Waals surface area contributed by atoms with Crippen LogP contribution in [0.5, 0.6) is 0 Å².